The number of thiophene rings is 1. The molecular formula is C13H21NO2S. The van der Waals surface area contributed by atoms with Crippen LogP contribution in [0.5, 0.6) is 0 Å². The summed E-state index contributed by atoms with van der Waals surface area (Å²) in [5, 5.41) is 8.81. The van der Waals surface area contributed by atoms with E-state index in [1.165, 1.54) is 22.6 Å². The van der Waals surface area contributed by atoms with E-state index >= 15 is 0 Å². The van der Waals surface area contributed by atoms with Gasteiger partial charge in [-0.15, -0.1) is 11.3 Å². The van der Waals surface area contributed by atoms with Crippen LogP contribution in [0.15, 0.2) is 12.1 Å². The monoisotopic (exact) mass is 255 g/mol. The number of hydrogen-bond donors (Lipinski definition) is 1. The topological polar surface area (TPSA) is 40.5 Å². The highest BCUT2D eigenvalue weighted by Crippen LogP contribution is 2.18. The summed E-state index contributed by atoms with van der Waals surface area (Å²) in [6, 6.07) is 3.64. The van der Waals surface area contributed by atoms with Crippen molar-refractivity contribution in [1.82, 2.24) is 4.90 Å². The van der Waals surface area contributed by atoms with Crippen LogP contribution in [0.3, 0.4) is 0 Å². The molecule has 0 aromatic carbocycles. The van der Waals surface area contributed by atoms with Crippen LogP contribution in [0, 0.1) is 0 Å². The Morgan fingerprint density at radius 2 is 2.00 bits per heavy atom. The predicted octanol–water partition coefficient (Wildman–Crippen LogP) is 3.11. The van der Waals surface area contributed by atoms with Gasteiger partial charge in [-0.3, -0.25) is 0 Å². The van der Waals surface area contributed by atoms with Gasteiger partial charge in [0.1, 0.15) is 4.88 Å². The van der Waals surface area contributed by atoms with E-state index in [2.05, 4.69) is 18.7 Å². The largest absolute Gasteiger partial charge is 0.477 e. The molecule has 0 saturated heterocycles. The van der Waals surface area contributed by atoms with Gasteiger partial charge < -0.3 is 10.0 Å². The van der Waals surface area contributed by atoms with Crippen LogP contribution < -0.4 is 0 Å². The van der Waals surface area contributed by atoms with Crippen LogP contribution in [0.25, 0.3) is 0 Å². The molecule has 1 aromatic rings. The number of rotatable bonds is 8. The summed E-state index contributed by atoms with van der Waals surface area (Å²) in [5.41, 5.74) is 0. The normalized spacial score (nSPS) is 11.0. The first-order chi connectivity index (χ1) is 8.17. The van der Waals surface area contributed by atoms with Crippen LogP contribution in [0.2, 0.25) is 0 Å². The molecule has 1 aromatic heterocycles. The Hall–Kier alpha value is -0.870. The van der Waals surface area contributed by atoms with Gasteiger partial charge in [-0.1, -0.05) is 13.8 Å². The minimum atomic E-state index is -0.815. The van der Waals surface area contributed by atoms with Gasteiger partial charge in [0.15, 0.2) is 0 Å². The Kier molecular flexibility index (Phi) is 6.22. The summed E-state index contributed by atoms with van der Waals surface area (Å²) < 4.78 is 0. The Morgan fingerprint density at radius 3 is 2.53 bits per heavy atom. The predicted molar refractivity (Wildman–Crippen MR) is 72.0 cm³/mol. The highest BCUT2D eigenvalue weighted by molar-refractivity contribution is 7.13. The first kappa shape index (κ1) is 14.2. The number of unbranched alkanes of at least 4 members (excludes halogenated alkanes) is 1. The van der Waals surface area contributed by atoms with Crippen molar-refractivity contribution in [3.63, 3.8) is 0 Å². The molecule has 17 heavy (non-hydrogen) atoms. The maximum absolute atomic E-state index is 10.7. The molecule has 96 valence electrons. The average Bonchev–Trinajstić information content (AvgIpc) is 2.78. The van der Waals surface area contributed by atoms with E-state index in [-0.39, 0.29) is 0 Å². The second-order valence-corrected chi connectivity index (χ2v) is 5.22. The molecule has 0 spiro atoms. The molecular weight excluding hydrogens is 234 g/mol. The summed E-state index contributed by atoms with van der Waals surface area (Å²) in [4.78, 5) is 14.8. The highest BCUT2D eigenvalue weighted by Gasteiger charge is 2.06. The van der Waals surface area contributed by atoms with Crippen molar-refractivity contribution in [3.8, 4) is 0 Å². The smallest absolute Gasteiger partial charge is 0.345 e. The maximum Gasteiger partial charge on any atom is 0.345 e. The lowest BCUT2D eigenvalue weighted by atomic mass is 10.2. The van der Waals surface area contributed by atoms with Crippen molar-refractivity contribution >= 4 is 17.3 Å². The second-order valence-electron chi connectivity index (χ2n) is 4.06. The second kappa shape index (κ2) is 7.45. The van der Waals surface area contributed by atoms with E-state index < -0.39 is 5.97 Å². The molecule has 0 aliphatic heterocycles. The summed E-state index contributed by atoms with van der Waals surface area (Å²) in [6.07, 6.45) is 3.32. The number of aromatic carboxylic acids is 1. The van der Waals surface area contributed by atoms with Gasteiger partial charge in [0.05, 0.1) is 0 Å². The number of aryl methyl sites for hydroxylation is 1. The number of nitrogens with zero attached hydrogens (tertiary/aromatic N) is 1. The third-order valence-electron chi connectivity index (χ3n) is 2.91. The van der Waals surface area contributed by atoms with Gasteiger partial charge in [0, 0.05) is 4.88 Å². The molecule has 0 fully saturated rings. The Bertz CT molecular complexity index is 345. The lowest BCUT2D eigenvalue weighted by Gasteiger charge is -2.17. The fourth-order valence-electron chi connectivity index (χ4n) is 1.80. The minimum Gasteiger partial charge on any atom is -0.477 e. The number of hydrogen-bond acceptors (Lipinski definition) is 3. The molecule has 0 aliphatic carbocycles. The zero-order valence-electron chi connectivity index (χ0n) is 10.6. The number of carboxylic acids is 1. The molecule has 1 N–H and O–H groups in total. The van der Waals surface area contributed by atoms with Crippen molar-refractivity contribution in [3.05, 3.63) is 21.9 Å². The van der Waals surface area contributed by atoms with Crippen LogP contribution in [-0.4, -0.2) is 35.6 Å². The number of carbonyl (C=O) groups is 1. The van der Waals surface area contributed by atoms with Crippen LogP contribution >= 0.6 is 11.3 Å². The van der Waals surface area contributed by atoms with E-state index in [0.29, 0.717) is 4.88 Å². The molecule has 0 amide bonds. The quantitative estimate of drug-likeness (QED) is 0.726. The molecule has 0 aliphatic rings. The van der Waals surface area contributed by atoms with Gasteiger partial charge in [0.2, 0.25) is 0 Å². The average molecular weight is 255 g/mol. The van der Waals surface area contributed by atoms with Crippen molar-refractivity contribution in [2.45, 2.75) is 33.1 Å². The molecule has 0 bridgehead atoms. The van der Waals surface area contributed by atoms with Gasteiger partial charge >= 0.3 is 5.97 Å². The highest BCUT2D eigenvalue weighted by atomic mass is 32.1. The van der Waals surface area contributed by atoms with Crippen molar-refractivity contribution < 1.29 is 9.90 Å². The molecule has 4 heteroatoms. The fourth-order valence-corrected chi connectivity index (χ4v) is 2.69. The minimum absolute atomic E-state index is 0.448. The van der Waals surface area contributed by atoms with E-state index in [9.17, 15) is 4.79 Å². The van der Waals surface area contributed by atoms with E-state index in [1.54, 1.807) is 6.07 Å². The lowest BCUT2D eigenvalue weighted by molar-refractivity contribution is 0.0702. The molecule has 1 heterocycles. The third kappa shape index (κ3) is 4.88. The van der Waals surface area contributed by atoms with Gasteiger partial charge in [-0.2, -0.15) is 0 Å². The summed E-state index contributed by atoms with van der Waals surface area (Å²) >= 11 is 1.40. The van der Waals surface area contributed by atoms with Gasteiger partial charge in [-0.25, -0.2) is 4.79 Å². The van der Waals surface area contributed by atoms with E-state index in [0.717, 1.165) is 32.5 Å². The van der Waals surface area contributed by atoms with E-state index in [1.807, 2.05) is 6.07 Å². The summed E-state index contributed by atoms with van der Waals surface area (Å²) in [6.45, 7) is 7.73. The van der Waals surface area contributed by atoms with Crippen molar-refractivity contribution in [2.24, 2.45) is 0 Å². The van der Waals surface area contributed by atoms with Crippen LogP contribution in [0.1, 0.15) is 41.2 Å². The zero-order chi connectivity index (χ0) is 12.7. The Balaban J connectivity index is 2.24. The zero-order valence-corrected chi connectivity index (χ0v) is 11.4. The van der Waals surface area contributed by atoms with Gasteiger partial charge in [0.25, 0.3) is 0 Å². The van der Waals surface area contributed by atoms with Crippen LogP contribution in [0.4, 0.5) is 0 Å². The number of carboxylic acid groups (broad SMARTS) is 1. The SMILES string of the molecule is CCN(CC)CCCCc1ccc(C(=O)O)s1. The molecule has 0 unspecified atom stereocenters. The third-order valence-corrected chi connectivity index (χ3v) is 4.05. The Labute approximate surface area is 107 Å². The molecule has 1 rings (SSSR count). The summed E-state index contributed by atoms with van der Waals surface area (Å²) in [7, 11) is 0. The lowest BCUT2D eigenvalue weighted by Crippen LogP contribution is -2.23. The van der Waals surface area contributed by atoms with Crippen LogP contribution in [-0.2, 0) is 6.42 Å². The standard InChI is InChI=1S/C13H21NO2S/c1-3-14(4-2)10-6-5-7-11-8-9-12(17-11)13(15)16/h8-9H,3-7,10H2,1-2H3,(H,15,16). The van der Waals surface area contributed by atoms with Gasteiger partial charge in [-0.05, 0) is 51.0 Å². The first-order valence-electron chi connectivity index (χ1n) is 6.21. The molecule has 0 radical (unpaired) electrons. The fraction of sp³-hybridized carbons (Fsp3) is 0.615. The Morgan fingerprint density at radius 1 is 1.29 bits per heavy atom. The molecule has 3 nitrogen and oxygen atoms in total. The molecule has 0 atom stereocenters. The first-order valence-corrected chi connectivity index (χ1v) is 7.03. The maximum atomic E-state index is 10.7. The summed E-state index contributed by atoms with van der Waals surface area (Å²) in [5.74, 6) is -0.815. The van der Waals surface area contributed by atoms with Crippen molar-refractivity contribution in [2.75, 3.05) is 19.6 Å². The molecule has 0 saturated carbocycles. The van der Waals surface area contributed by atoms with Crippen molar-refractivity contribution in [1.29, 1.82) is 0 Å². The van der Waals surface area contributed by atoms with E-state index in [4.69, 9.17) is 5.11 Å².